The maximum absolute atomic E-state index is 12.0. The summed E-state index contributed by atoms with van der Waals surface area (Å²) >= 11 is 0. The number of hydrogen-bond acceptors (Lipinski definition) is 3. The second kappa shape index (κ2) is 9.06. The van der Waals surface area contributed by atoms with Crippen molar-refractivity contribution in [1.82, 2.24) is 10.3 Å². The van der Waals surface area contributed by atoms with E-state index in [1.54, 1.807) is 12.1 Å². The lowest BCUT2D eigenvalue weighted by atomic mass is 10.3. The number of aliphatic imine (C=N–C) groups is 1. The van der Waals surface area contributed by atoms with Gasteiger partial charge in [0.1, 0.15) is 0 Å². The number of nitrogens with zero attached hydrogens (tertiary/aromatic N) is 2. The molecular formula is C13H20F2N4O. The van der Waals surface area contributed by atoms with Crippen molar-refractivity contribution in [3.8, 4) is 5.88 Å². The van der Waals surface area contributed by atoms with E-state index in [9.17, 15) is 8.78 Å². The fourth-order valence-corrected chi connectivity index (χ4v) is 1.39. The molecule has 7 heteroatoms. The Hall–Kier alpha value is -1.92. The molecule has 0 saturated carbocycles. The van der Waals surface area contributed by atoms with Gasteiger partial charge in [-0.05, 0) is 12.5 Å². The van der Waals surface area contributed by atoms with E-state index in [1.165, 1.54) is 6.07 Å². The molecule has 0 bridgehead atoms. The highest BCUT2D eigenvalue weighted by Crippen LogP contribution is 2.09. The monoisotopic (exact) mass is 286 g/mol. The van der Waals surface area contributed by atoms with Gasteiger partial charge >= 0.3 is 0 Å². The first kappa shape index (κ1) is 16.1. The van der Waals surface area contributed by atoms with Gasteiger partial charge < -0.3 is 15.8 Å². The van der Waals surface area contributed by atoms with Gasteiger partial charge in [0, 0.05) is 12.6 Å². The second-order valence-corrected chi connectivity index (χ2v) is 4.15. The summed E-state index contributed by atoms with van der Waals surface area (Å²) in [4.78, 5) is 8.19. The minimum atomic E-state index is -2.52. The molecule has 0 aliphatic carbocycles. The van der Waals surface area contributed by atoms with Gasteiger partial charge in [-0.2, -0.15) is 0 Å². The average molecular weight is 286 g/mol. The van der Waals surface area contributed by atoms with E-state index in [-0.39, 0.29) is 12.4 Å². The Balaban J connectivity index is 2.46. The highest BCUT2D eigenvalue weighted by atomic mass is 19.3. The predicted molar refractivity (Wildman–Crippen MR) is 74.0 cm³/mol. The molecule has 1 heterocycles. The highest BCUT2D eigenvalue weighted by molar-refractivity contribution is 5.77. The quantitative estimate of drug-likeness (QED) is 0.435. The summed E-state index contributed by atoms with van der Waals surface area (Å²) < 4.78 is 28.9. The maximum Gasteiger partial charge on any atom is 0.272 e. The third-order valence-corrected chi connectivity index (χ3v) is 2.39. The molecule has 0 aliphatic rings. The number of hydrogen-bond donors (Lipinski definition) is 2. The van der Waals surface area contributed by atoms with Crippen LogP contribution in [0.25, 0.3) is 0 Å². The Morgan fingerprint density at radius 2 is 2.30 bits per heavy atom. The molecule has 0 aliphatic heterocycles. The molecule has 0 unspecified atom stereocenters. The molecule has 0 amide bonds. The first-order chi connectivity index (χ1) is 9.61. The van der Waals surface area contributed by atoms with Crippen molar-refractivity contribution >= 4 is 5.96 Å². The molecule has 1 aromatic heterocycles. The summed E-state index contributed by atoms with van der Waals surface area (Å²) in [6, 6.07) is 4.94. The number of nitrogens with two attached hydrogens (primary N) is 1. The van der Waals surface area contributed by atoms with Crippen molar-refractivity contribution in [2.75, 3.05) is 13.2 Å². The molecule has 0 atom stereocenters. The van der Waals surface area contributed by atoms with Crippen molar-refractivity contribution in [1.29, 1.82) is 0 Å². The van der Waals surface area contributed by atoms with Crippen LogP contribution in [0.15, 0.2) is 23.2 Å². The second-order valence-electron chi connectivity index (χ2n) is 4.15. The normalized spacial score (nSPS) is 11.7. The van der Waals surface area contributed by atoms with Crippen LogP contribution in [0.5, 0.6) is 5.88 Å². The van der Waals surface area contributed by atoms with Gasteiger partial charge in [0.25, 0.3) is 6.43 Å². The van der Waals surface area contributed by atoms with Crippen molar-refractivity contribution in [3.05, 3.63) is 23.9 Å². The van der Waals surface area contributed by atoms with Gasteiger partial charge in [0.05, 0.1) is 12.2 Å². The summed E-state index contributed by atoms with van der Waals surface area (Å²) in [5.41, 5.74) is 6.29. The lowest BCUT2D eigenvalue weighted by molar-refractivity contribution is 0.0795. The highest BCUT2D eigenvalue weighted by Gasteiger charge is 2.04. The van der Waals surface area contributed by atoms with E-state index in [2.05, 4.69) is 22.2 Å². The van der Waals surface area contributed by atoms with E-state index in [0.717, 1.165) is 19.4 Å². The Bertz CT molecular complexity index is 427. The molecule has 112 valence electrons. The van der Waals surface area contributed by atoms with Crippen LogP contribution < -0.4 is 15.8 Å². The molecule has 0 aromatic carbocycles. The minimum Gasteiger partial charge on any atom is -0.472 e. The number of guanidine groups is 1. The number of halogens is 2. The van der Waals surface area contributed by atoms with E-state index < -0.39 is 13.0 Å². The van der Waals surface area contributed by atoms with Crippen LogP contribution in [-0.2, 0) is 6.54 Å². The Morgan fingerprint density at radius 1 is 1.50 bits per heavy atom. The van der Waals surface area contributed by atoms with Gasteiger partial charge in [0.15, 0.2) is 12.6 Å². The molecule has 0 spiro atoms. The zero-order valence-electron chi connectivity index (χ0n) is 11.5. The number of nitrogens with one attached hydrogen (secondary N) is 1. The lowest BCUT2D eigenvalue weighted by Crippen LogP contribution is -2.32. The van der Waals surface area contributed by atoms with Gasteiger partial charge in [0.2, 0.25) is 5.88 Å². The molecule has 0 radical (unpaired) electrons. The van der Waals surface area contributed by atoms with Crippen LogP contribution in [0.2, 0.25) is 0 Å². The van der Waals surface area contributed by atoms with Crippen LogP contribution in [-0.4, -0.2) is 30.5 Å². The third kappa shape index (κ3) is 6.86. The Morgan fingerprint density at radius 3 is 3.00 bits per heavy atom. The summed E-state index contributed by atoms with van der Waals surface area (Å²) in [6.45, 7) is 2.47. The van der Waals surface area contributed by atoms with Crippen molar-refractivity contribution in [3.63, 3.8) is 0 Å². The average Bonchev–Trinajstić information content (AvgIpc) is 2.44. The molecule has 0 saturated heterocycles. The SMILES string of the molecule is CCCCNC(N)=NCc1cccc(OCC(F)F)n1. The number of rotatable bonds is 8. The standard InChI is InChI=1S/C13H20F2N4O/c1-2-3-7-17-13(16)18-8-10-5-4-6-12(19-10)20-9-11(14)15/h4-6,11H,2-3,7-9H2,1H3,(H3,16,17,18). The molecule has 20 heavy (non-hydrogen) atoms. The first-order valence-corrected chi connectivity index (χ1v) is 6.52. The minimum absolute atomic E-state index is 0.163. The fraction of sp³-hybridized carbons (Fsp3) is 0.538. The van der Waals surface area contributed by atoms with E-state index in [0.29, 0.717) is 11.7 Å². The Kier molecular flexibility index (Phi) is 7.31. The van der Waals surface area contributed by atoms with Crippen LogP contribution in [0.1, 0.15) is 25.5 Å². The number of ether oxygens (including phenoxy) is 1. The van der Waals surface area contributed by atoms with Crippen molar-refractivity contribution < 1.29 is 13.5 Å². The lowest BCUT2D eigenvalue weighted by Gasteiger charge is -2.06. The largest absolute Gasteiger partial charge is 0.472 e. The summed E-state index contributed by atoms with van der Waals surface area (Å²) in [5.74, 6) is 0.509. The third-order valence-electron chi connectivity index (χ3n) is 2.39. The van der Waals surface area contributed by atoms with Crippen LogP contribution >= 0.6 is 0 Å². The molecule has 1 rings (SSSR count). The van der Waals surface area contributed by atoms with Crippen molar-refractivity contribution in [2.45, 2.75) is 32.7 Å². The fourth-order valence-electron chi connectivity index (χ4n) is 1.39. The number of pyridine rings is 1. The number of unbranched alkanes of at least 4 members (excludes halogenated alkanes) is 1. The maximum atomic E-state index is 12.0. The number of aromatic nitrogens is 1. The van der Waals surface area contributed by atoms with Gasteiger partial charge in [-0.3, -0.25) is 0 Å². The van der Waals surface area contributed by atoms with E-state index in [4.69, 9.17) is 10.5 Å². The topological polar surface area (TPSA) is 72.5 Å². The molecule has 1 aromatic rings. The molecular weight excluding hydrogens is 266 g/mol. The molecule has 3 N–H and O–H groups in total. The van der Waals surface area contributed by atoms with E-state index in [1.807, 2.05) is 0 Å². The predicted octanol–water partition coefficient (Wildman–Crippen LogP) is 1.93. The van der Waals surface area contributed by atoms with Gasteiger partial charge in [-0.1, -0.05) is 19.4 Å². The zero-order valence-corrected chi connectivity index (χ0v) is 11.5. The number of alkyl halides is 2. The van der Waals surface area contributed by atoms with E-state index >= 15 is 0 Å². The zero-order chi connectivity index (χ0) is 14.8. The van der Waals surface area contributed by atoms with Gasteiger partial charge in [-0.15, -0.1) is 0 Å². The van der Waals surface area contributed by atoms with Crippen molar-refractivity contribution in [2.24, 2.45) is 10.7 Å². The summed E-state index contributed by atoms with van der Waals surface area (Å²) in [5, 5.41) is 2.98. The molecule has 5 nitrogen and oxygen atoms in total. The van der Waals surface area contributed by atoms with Crippen LogP contribution in [0.3, 0.4) is 0 Å². The van der Waals surface area contributed by atoms with Crippen LogP contribution in [0, 0.1) is 0 Å². The molecule has 0 fully saturated rings. The van der Waals surface area contributed by atoms with Gasteiger partial charge in [-0.25, -0.2) is 18.8 Å². The Labute approximate surface area is 117 Å². The van der Waals surface area contributed by atoms with Crippen LogP contribution in [0.4, 0.5) is 8.78 Å². The summed E-state index contributed by atoms with van der Waals surface area (Å²) in [6.07, 6.45) is -0.423. The first-order valence-electron chi connectivity index (χ1n) is 6.52. The smallest absolute Gasteiger partial charge is 0.272 e. The summed E-state index contributed by atoms with van der Waals surface area (Å²) in [7, 11) is 0.